The highest BCUT2D eigenvalue weighted by Gasteiger charge is 2.41. The normalized spacial score (nSPS) is 14.4. The van der Waals surface area contributed by atoms with E-state index in [0.717, 1.165) is 30.3 Å². The fraction of sp³-hybridized carbons (Fsp3) is 0.162. The highest BCUT2D eigenvalue weighted by Crippen LogP contribution is 2.48. The van der Waals surface area contributed by atoms with Crippen LogP contribution in [0.25, 0.3) is 10.8 Å². The summed E-state index contributed by atoms with van der Waals surface area (Å²) in [6, 6.07) is 12.1. The van der Waals surface area contributed by atoms with Gasteiger partial charge in [-0.25, -0.2) is 15.3 Å². The number of hydrogen-bond acceptors (Lipinski definition) is 27. The highest BCUT2D eigenvalue weighted by molar-refractivity contribution is 7.95. The first kappa shape index (κ1) is 52.5. The second kappa shape index (κ2) is 23.2. The Morgan fingerprint density at radius 2 is 1.33 bits per heavy atom. The number of carboxylic acids is 1. The predicted molar refractivity (Wildman–Crippen MR) is 237 cm³/mol. The summed E-state index contributed by atoms with van der Waals surface area (Å²) in [5.41, 5.74) is -2.76. The Labute approximate surface area is 400 Å². The van der Waals surface area contributed by atoms with Crippen molar-refractivity contribution in [3.63, 3.8) is 0 Å². The molecule has 370 valence electrons. The van der Waals surface area contributed by atoms with Crippen LogP contribution in [0.15, 0.2) is 128 Å². The molecule has 0 radical (unpaired) electrons. The molecule has 0 aliphatic carbocycles. The van der Waals surface area contributed by atoms with Gasteiger partial charge in [0.25, 0.3) is 26.1 Å². The molecule has 1 unspecified atom stereocenters. The second-order valence-corrected chi connectivity index (χ2v) is 17.5. The zero-order valence-corrected chi connectivity index (χ0v) is 38.2. The number of ether oxygens (including phenoxy) is 3. The number of anilines is 1. The van der Waals surface area contributed by atoms with Crippen LogP contribution in [0, 0.1) is 0 Å². The second-order valence-electron chi connectivity index (χ2n) is 13.2. The molecule has 5 aromatic rings. The molecule has 6 rings (SSSR count). The number of carbonyl (C=O) groups excluding carboxylic acids is 1. The minimum absolute atomic E-state index is 0.0416. The third-order valence-electron chi connectivity index (χ3n) is 8.92. The Morgan fingerprint density at radius 3 is 1.90 bits per heavy atom. The minimum Gasteiger partial charge on any atom is -0.505 e. The van der Waals surface area contributed by atoms with Gasteiger partial charge in [-0.2, -0.15) is 37.2 Å². The van der Waals surface area contributed by atoms with E-state index in [0.29, 0.717) is 21.9 Å². The van der Waals surface area contributed by atoms with E-state index < -0.39 is 84.0 Å². The zero-order valence-electron chi connectivity index (χ0n) is 34.9. The van der Waals surface area contributed by atoms with Crippen LogP contribution in [0.2, 0.25) is 0 Å². The van der Waals surface area contributed by atoms with Gasteiger partial charge in [-0.1, -0.05) is 10.1 Å². The molecule has 1 heterocycles. The standard InChI is InChI=1S/C37H32N8O21S4/c1-60-20-4-7-23(31(14-20)70(57,58)59)38-39-24-16-28(62-11-9-47)25(17-27(24)61-10-8-46)40-42-32-29(68-66-64-53)12-18-13-30(69(54,55)56)26(15-22(18)35(32)48)41-43-33-34(37(50)51)44-45(36(33)49)19-2-5-21(6-3-19)67-65-63-52/h2-7,12-17,33,46-48,52-53H,8-11H2,1H3,(H,50,51)(H,54,55,56)(H,57,58,59). The summed E-state index contributed by atoms with van der Waals surface area (Å²) in [5, 5.41) is 93.1. The number of benzene rings is 5. The van der Waals surface area contributed by atoms with Gasteiger partial charge < -0.3 is 34.6 Å². The number of aliphatic hydroxyl groups excluding tert-OH is 2. The zero-order chi connectivity index (χ0) is 50.8. The van der Waals surface area contributed by atoms with Crippen molar-refractivity contribution < 1.29 is 99.4 Å². The summed E-state index contributed by atoms with van der Waals surface area (Å²) >= 11 is 0.811. The fourth-order valence-electron chi connectivity index (χ4n) is 5.93. The first-order valence-corrected chi connectivity index (χ1v) is 23.2. The van der Waals surface area contributed by atoms with Crippen LogP contribution in [0.3, 0.4) is 0 Å². The van der Waals surface area contributed by atoms with Crippen molar-refractivity contribution in [1.29, 1.82) is 0 Å². The molecule has 70 heavy (non-hydrogen) atoms. The fourth-order valence-corrected chi connectivity index (χ4v) is 8.06. The number of hydrazone groups is 1. The molecular weight excluding hydrogens is 1020 g/mol. The van der Waals surface area contributed by atoms with Crippen LogP contribution in [-0.2, 0) is 48.6 Å². The van der Waals surface area contributed by atoms with Gasteiger partial charge in [-0.05, 0) is 60.0 Å². The molecule has 0 spiro atoms. The average molecular weight is 1050 g/mol. The van der Waals surface area contributed by atoms with Crippen LogP contribution >= 0.6 is 24.1 Å². The summed E-state index contributed by atoms with van der Waals surface area (Å²) in [5.74, 6) is -3.89. The van der Waals surface area contributed by atoms with E-state index in [4.69, 9.17) is 24.7 Å². The average Bonchev–Trinajstić information content (AvgIpc) is 3.67. The van der Waals surface area contributed by atoms with Crippen molar-refractivity contribution in [2.45, 2.75) is 25.6 Å². The van der Waals surface area contributed by atoms with Crippen molar-refractivity contribution >= 4 is 107 Å². The minimum atomic E-state index is -5.21. The summed E-state index contributed by atoms with van der Waals surface area (Å²) < 4.78 is 94.9. The van der Waals surface area contributed by atoms with E-state index in [1.807, 2.05) is 0 Å². The first-order valence-electron chi connectivity index (χ1n) is 18.8. The van der Waals surface area contributed by atoms with Gasteiger partial charge >= 0.3 is 5.97 Å². The number of phenols is 1. The lowest BCUT2D eigenvalue weighted by Crippen LogP contribution is -2.33. The SMILES string of the molecule is COc1ccc(N=Nc2cc(OCCO)c(N=Nc3c(SOOO)cc4cc(S(=O)(=O)O)c(N=NC5C(=O)N(c6ccc(SOOO)cc6)N=C5C(=O)O)cc4c3O)cc2OCCO)c(S(=O)(=O)O)c1. The molecule has 1 aliphatic heterocycles. The number of carboxylic acid groups (broad SMARTS) is 1. The van der Waals surface area contributed by atoms with Gasteiger partial charge in [0.05, 0.1) is 55.0 Å². The Bertz CT molecular complexity index is 3140. The van der Waals surface area contributed by atoms with E-state index in [2.05, 4.69) is 54.5 Å². The van der Waals surface area contributed by atoms with Crippen molar-refractivity contribution in [2.24, 2.45) is 35.8 Å². The number of carbonyl (C=O) groups is 2. The largest absolute Gasteiger partial charge is 0.505 e. The third kappa shape index (κ3) is 12.5. The van der Waals surface area contributed by atoms with E-state index in [1.165, 1.54) is 49.6 Å². The van der Waals surface area contributed by atoms with Gasteiger partial charge in [0.2, 0.25) is 6.04 Å². The topological polar surface area (TPSA) is 419 Å². The van der Waals surface area contributed by atoms with Gasteiger partial charge in [0.15, 0.2) is 11.5 Å². The van der Waals surface area contributed by atoms with E-state index >= 15 is 0 Å². The monoisotopic (exact) mass is 1050 g/mol. The first-order chi connectivity index (χ1) is 33.4. The molecule has 0 aromatic heterocycles. The van der Waals surface area contributed by atoms with Crippen LogP contribution in [0.5, 0.6) is 23.0 Å². The number of aliphatic hydroxyl groups is 2. The summed E-state index contributed by atoms with van der Waals surface area (Å²) in [4.78, 5) is 24.2. The molecule has 1 aliphatic rings. The number of hydrogen-bond donors (Lipinski definition) is 8. The Morgan fingerprint density at radius 1 is 0.743 bits per heavy atom. The molecule has 5 aromatic carbocycles. The molecule has 0 fully saturated rings. The lowest BCUT2D eigenvalue weighted by Gasteiger charge is -2.14. The smallest absolute Gasteiger partial charge is 0.355 e. The van der Waals surface area contributed by atoms with E-state index in [-0.39, 0.29) is 80.9 Å². The van der Waals surface area contributed by atoms with Crippen molar-refractivity contribution in [2.75, 3.05) is 38.5 Å². The van der Waals surface area contributed by atoms with Crippen molar-refractivity contribution in [3.8, 4) is 23.0 Å². The van der Waals surface area contributed by atoms with Crippen molar-refractivity contribution in [3.05, 3.63) is 72.8 Å². The number of nitrogens with zero attached hydrogens (tertiary/aromatic N) is 8. The van der Waals surface area contributed by atoms with Gasteiger partial charge in [-0.15, -0.1) is 29.1 Å². The molecular formula is C37H32N8O21S4. The molecule has 1 amide bonds. The maximum Gasteiger partial charge on any atom is 0.355 e. The van der Waals surface area contributed by atoms with Crippen LogP contribution in [0.1, 0.15) is 0 Å². The summed E-state index contributed by atoms with van der Waals surface area (Å²) in [6.07, 6.45) is 0. The molecule has 0 saturated carbocycles. The molecule has 1 atom stereocenters. The van der Waals surface area contributed by atoms with Crippen LogP contribution in [-0.4, -0.2) is 114 Å². The van der Waals surface area contributed by atoms with Gasteiger partial charge in [-0.3, -0.25) is 13.9 Å². The number of aromatic hydroxyl groups is 1. The number of methoxy groups -OCH3 is 1. The molecule has 33 heteroatoms. The molecule has 0 saturated heterocycles. The lowest BCUT2D eigenvalue weighted by atomic mass is 10.1. The number of phenolic OH excluding ortho intramolecular Hbond substituents is 1. The Balaban J connectivity index is 1.44. The summed E-state index contributed by atoms with van der Waals surface area (Å²) in [7, 11) is -8.80. The van der Waals surface area contributed by atoms with E-state index in [1.54, 1.807) is 0 Å². The number of rotatable bonds is 23. The van der Waals surface area contributed by atoms with Gasteiger partial charge in [0.1, 0.15) is 68.7 Å². The molecule has 29 nitrogen and oxygen atoms in total. The molecule has 0 bridgehead atoms. The summed E-state index contributed by atoms with van der Waals surface area (Å²) in [6.45, 7) is -1.73. The predicted octanol–water partition coefficient (Wildman–Crippen LogP) is 6.42. The third-order valence-corrected chi connectivity index (χ3v) is 11.9. The number of azo groups is 3. The maximum absolute atomic E-state index is 13.5. The number of amides is 1. The maximum atomic E-state index is 13.5. The quantitative estimate of drug-likeness (QED) is 0.0115. The highest BCUT2D eigenvalue weighted by atomic mass is 32.2. The van der Waals surface area contributed by atoms with Crippen molar-refractivity contribution in [1.82, 2.24) is 0 Å². The Kier molecular flexibility index (Phi) is 17.4. The van der Waals surface area contributed by atoms with Crippen LogP contribution < -0.4 is 19.2 Å². The van der Waals surface area contributed by atoms with E-state index in [9.17, 15) is 56.0 Å². The Hall–Kier alpha value is -6.83. The van der Waals surface area contributed by atoms with Crippen LogP contribution in [0.4, 0.5) is 34.1 Å². The number of fused-ring (bicyclic) bond motifs is 1. The van der Waals surface area contributed by atoms with Gasteiger partial charge in [0, 0.05) is 28.5 Å². The molecule has 8 N–H and O–H groups in total. The number of aliphatic carboxylic acids is 1. The lowest BCUT2D eigenvalue weighted by molar-refractivity contribution is -0.432.